The molecule has 24 heavy (non-hydrogen) atoms. The summed E-state index contributed by atoms with van der Waals surface area (Å²) in [5.41, 5.74) is 6.68. The number of nitrogen functional groups attached to an aromatic ring is 1. The molecule has 1 aromatic carbocycles. The predicted octanol–water partition coefficient (Wildman–Crippen LogP) is 1.27. The van der Waals surface area contributed by atoms with Crippen LogP contribution >= 0.6 is 0 Å². The van der Waals surface area contributed by atoms with Crippen molar-refractivity contribution in [3.8, 4) is 11.5 Å². The molecule has 0 saturated carbocycles. The number of ketones is 1. The summed E-state index contributed by atoms with van der Waals surface area (Å²) in [4.78, 5) is 33.7. The summed E-state index contributed by atoms with van der Waals surface area (Å²) in [5.74, 6) is -1.88. The Morgan fingerprint density at radius 2 is 1.75 bits per heavy atom. The first kappa shape index (κ1) is 19.0. The number of hydrogen-bond acceptors (Lipinski definition) is 7. The molecule has 0 saturated heterocycles. The van der Waals surface area contributed by atoms with E-state index in [1.165, 1.54) is 20.3 Å². The van der Waals surface area contributed by atoms with Crippen molar-refractivity contribution in [3.63, 3.8) is 0 Å². The van der Waals surface area contributed by atoms with Crippen molar-refractivity contribution in [1.82, 2.24) is 0 Å². The number of benzene rings is 1. The number of esters is 1. The van der Waals surface area contributed by atoms with Crippen molar-refractivity contribution in [1.29, 1.82) is 0 Å². The summed E-state index contributed by atoms with van der Waals surface area (Å²) < 4.78 is 15.1. The van der Waals surface area contributed by atoms with Crippen LogP contribution in [-0.4, -0.2) is 43.2 Å². The van der Waals surface area contributed by atoms with Crippen LogP contribution < -0.4 is 15.2 Å². The minimum Gasteiger partial charge on any atom is -0.494 e. The van der Waals surface area contributed by atoms with Crippen LogP contribution in [0.1, 0.15) is 18.9 Å². The number of anilines is 1. The molecular weight excluding hydrogens is 318 g/mol. The van der Waals surface area contributed by atoms with E-state index < -0.39 is 30.2 Å². The Kier molecular flexibility index (Phi) is 6.79. The highest BCUT2D eigenvalue weighted by Gasteiger charge is 2.21. The van der Waals surface area contributed by atoms with E-state index in [1.807, 2.05) is 0 Å². The fourth-order valence-electron chi connectivity index (χ4n) is 1.83. The largest absolute Gasteiger partial charge is 0.494 e. The third kappa shape index (κ3) is 5.31. The Balaban J connectivity index is 2.90. The molecule has 0 aliphatic heterocycles. The number of methoxy groups -OCH3 is 2. The van der Waals surface area contributed by atoms with Gasteiger partial charge in [0.2, 0.25) is 0 Å². The number of carbonyl (C=O) groups is 3. The van der Waals surface area contributed by atoms with Gasteiger partial charge in [-0.3, -0.25) is 9.59 Å². The minimum absolute atomic E-state index is 0.317. The molecule has 0 aliphatic carbocycles. The standard InChI is InChI=1S/C16H19NO7/c1-9(18)11(8-14(19)20)24-15(21)5-4-10-6-12(22-2)16(17)13(7-10)23-3/h4-7,11H,8,17H2,1-3H3,(H,19,20)/b5-4+. The van der Waals surface area contributed by atoms with Crippen LogP contribution in [-0.2, 0) is 19.1 Å². The lowest BCUT2D eigenvalue weighted by Gasteiger charge is -2.12. The van der Waals surface area contributed by atoms with Crippen molar-refractivity contribution in [2.45, 2.75) is 19.4 Å². The van der Waals surface area contributed by atoms with Crippen LogP contribution in [0.15, 0.2) is 18.2 Å². The number of carbonyl (C=O) groups excluding carboxylic acids is 2. The van der Waals surface area contributed by atoms with Gasteiger partial charge in [-0.15, -0.1) is 0 Å². The Bertz CT molecular complexity index is 641. The van der Waals surface area contributed by atoms with Crippen LogP contribution in [0.5, 0.6) is 11.5 Å². The first-order valence-electron chi connectivity index (χ1n) is 6.91. The topological polar surface area (TPSA) is 125 Å². The zero-order chi connectivity index (χ0) is 18.3. The summed E-state index contributed by atoms with van der Waals surface area (Å²) in [6.07, 6.45) is 0.570. The zero-order valence-electron chi connectivity index (χ0n) is 13.6. The van der Waals surface area contributed by atoms with Gasteiger partial charge >= 0.3 is 11.9 Å². The van der Waals surface area contributed by atoms with Gasteiger partial charge in [0.25, 0.3) is 0 Å². The van der Waals surface area contributed by atoms with Crippen LogP contribution in [0.4, 0.5) is 5.69 Å². The number of carboxylic acids is 1. The maximum atomic E-state index is 11.7. The second kappa shape index (κ2) is 8.56. The summed E-state index contributed by atoms with van der Waals surface area (Å²) >= 11 is 0. The van der Waals surface area contributed by atoms with Crippen molar-refractivity contribution >= 4 is 29.5 Å². The van der Waals surface area contributed by atoms with E-state index in [9.17, 15) is 14.4 Å². The second-order valence-corrected chi connectivity index (χ2v) is 4.81. The fraction of sp³-hybridized carbons (Fsp3) is 0.312. The van der Waals surface area contributed by atoms with Crippen LogP contribution in [0.2, 0.25) is 0 Å². The molecule has 0 aromatic heterocycles. The number of hydrogen-bond donors (Lipinski definition) is 2. The molecule has 130 valence electrons. The van der Waals surface area contributed by atoms with Crippen LogP contribution in [0.3, 0.4) is 0 Å². The average molecular weight is 337 g/mol. The van der Waals surface area contributed by atoms with E-state index in [4.69, 9.17) is 25.1 Å². The van der Waals surface area contributed by atoms with E-state index >= 15 is 0 Å². The third-order valence-corrected chi connectivity index (χ3v) is 3.05. The average Bonchev–Trinajstić information content (AvgIpc) is 2.52. The lowest BCUT2D eigenvalue weighted by atomic mass is 10.1. The molecular formula is C16H19NO7. The molecule has 0 radical (unpaired) electrons. The highest BCUT2D eigenvalue weighted by Crippen LogP contribution is 2.33. The van der Waals surface area contributed by atoms with Gasteiger partial charge in [-0.05, 0) is 30.7 Å². The molecule has 1 unspecified atom stereocenters. The molecule has 0 bridgehead atoms. The number of rotatable bonds is 8. The van der Waals surface area contributed by atoms with Crippen molar-refractivity contribution in [3.05, 3.63) is 23.8 Å². The van der Waals surface area contributed by atoms with E-state index in [2.05, 4.69) is 0 Å². The van der Waals surface area contributed by atoms with Gasteiger partial charge < -0.3 is 25.1 Å². The van der Waals surface area contributed by atoms with Gasteiger partial charge in [0.15, 0.2) is 11.9 Å². The predicted molar refractivity (Wildman–Crippen MR) is 85.8 cm³/mol. The molecule has 0 spiro atoms. The van der Waals surface area contributed by atoms with Crippen LogP contribution in [0.25, 0.3) is 6.08 Å². The summed E-state index contributed by atoms with van der Waals surface area (Å²) in [6, 6.07) is 3.17. The molecule has 0 heterocycles. The van der Waals surface area contributed by atoms with Gasteiger partial charge in [0, 0.05) is 6.08 Å². The van der Waals surface area contributed by atoms with E-state index in [-0.39, 0.29) is 0 Å². The molecule has 1 atom stereocenters. The Labute approximate surface area is 138 Å². The molecule has 8 heteroatoms. The molecule has 3 N–H and O–H groups in total. The molecule has 0 aliphatic rings. The van der Waals surface area contributed by atoms with Gasteiger partial charge in [0.1, 0.15) is 17.2 Å². The molecule has 0 fully saturated rings. The lowest BCUT2D eigenvalue weighted by Crippen LogP contribution is -2.27. The maximum absolute atomic E-state index is 11.7. The van der Waals surface area contributed by atoms with Gasteiger partial charge in [-0.1, -0.05) is 0 Å². The Hall–Kier alpha value is -3.03. The van der Waals surface area contributed by atoms with E-state index in [0.29, 0.717) is 22.7 Å². The Morgan fingerprint density at radius 3 is 2.17 bits per heavy atom. The second-order valence-electron chi connectivity index (χ2n) is 4.81. The number of ether oxygens (including phenoxy) is 3. The Morgan fingerprint density at radius 1 is 1.21 bits per heavy atom. The molecule has 1 rings (SSSR count). The molecule has 0 amide bonds. The number of Topliss-reactive ketones (excluding diaryl/α,β-unsaturated/α-hetero) is 1. The number of aliphatic carboxylic acids is 1. The first-order valence-corrected chi connectivity index (χ1v) is 6.91. The number of nitrogens with two attached hydrogens (primary N) is 1. The fourth-order valence-corrected chi connectivity index (χ4v) is 1.83. The summed E-state index contributed by atoms with van der Waals surface area (Å²) in [6.45, 7) is 1.15. The highest BCUT2D eigenvalue weighted by molar-refractivity contribution is 5.92. The maximum Gasteiger partial charge on any atom is 0.331 e. The SMILES string of the molecule is COc1cc(/C=C/C(=O)OC(CC(=O)O)C(C)=O)cc(OC)c1N. The zero-order valence-corrected chi connectivity index (χ0v) is 13.6. The van der Waals surface area contributed by atoms with Crippen LogP contribution in [0, 0.1) is 0 Å². The monoisotopic (exact) mass is 337 g/mol. The third-order valence-electron chi connectivity index (χ3n) is 3.05. The lowest BCUT2D eigenvalue weighted by molar-refractivity contribution is -0.154. The summed E-state index contributed by atoms with van der Waals surface area (Å²) in [5, 5.41) is 8.69. The highest BCUT2D eigenvalue weighted by atomic mass is 16.5. The van der Waals surface area contributed by atoms with Crippen molar-refractivity contribution < 1.29 is 33.7 Å². The van der Waals surface area contributed by atoms with Gasteiger partial charge in [0.05, 0.1) is 20.6 Å². The molecule has 1 aromatic rings. The quantitative estimate of drug-likeness (QED) is 0.413. The van der Waals surface area contributed by atoms with Crippen molar-refractivity contribution in [2.24, 2.45) is 0 Å². The van der Waals surface area contributed by atoms with Gasteiger partial charge in [-0.25, -0.2) is 4.79 Å². The molecule has 8 nitrogen and oxygen atoms in total. The first-order chi connectivity index (χ1) is 11.3. The van der Waals surface area contributed by atoms with E-state index in [1.54, 1.807) is 12.1 Å². The van der Waals surface area contributed by atoms with Crippen molar-refractivity contribution in [2.75, 3.05) is 20.0 Å². The van der Waals surface area contributed by atoms with Gasteiger partial charge in [-0.2, -0.15) is 0 Å². The number of carboxylic acid groups (broad SMARTS) is 1. The van der Waals surface area contributed by atoms with E-state index in [0.717, 1.165) is 13.0 Å². The minimum atomic E-state index is -1.32. The normalized spacial score (nSPS) is 11.8. The summed E-state index contributed by atoms with van der Waals surface area (Å²) in [7, 11) is 2.88. The smallest absolute Gasteiger partial charge is 0.331 e.